The van der Waals surface area contributed by atoms with Gasteiger partial charge in [0.15, 0.2) is 0 Å². The molecule has 0 bridgehead atoms. The molecule has 58 valence electrons. The van der Waals surface area contributed by atoms with Gasteiger partial charge in [-0.3, -0.25) is 0 Å². The maximum absolute atomic E-state index is 10.9. The van der Waals surface area contributed by atoms with Gasteiger partial charge < -0.3 is 5.73 Å². The summed E-state index contributed by atoms with van der Waals surface area (Å²) in [6.07, 6.45) is 0.755. The van der Waals surface area contributed by atoms with Crippen molar-refractivity contribution >= 4 is 10.8 Å². The molecular formula is C7H13NOS. The van der Waals surface area contributed by atoms with Crippen LogP contribution in [-0.2, 0) is 10.8 Å². The van der Waals surface area contributed by atoms with Gasteiger partial charge in [0.05, 0.1) is 16.6 Å². The molecule has 3 heteroatoms. The van der Waals surface area contributed by atoms with Crippen LogP contribution in [0.5, 0.6) is 0 Å². The zero-order valence-electron chi connectivity index (χ0n) is 6.39. The van der Waals surface area contributed by atoms with Gasteiger partial charge in [-0.2, -0.15) is 0 Å². The molecule has 2 unspecified atom stereocenters. The lowest BCUT2D eigenvalue weighted by atomic mass is 10.4. The van der Waals surface area contributed by atoms with Crippen LogP contribution in [0.4, 0.5) is 0 Å². The Morgan fingerprint density at radius 3 is 2.70 bits per heavy atom. The maximum atomic E-state index is 10.9. The first-order valence-electron chi connectivity index (χ1n) is 3.29. The number of hydrogen-bond donors (Lipinski definition) is 1. The fraction of sp³-hybridized carbons (Fsp3) is 0.714. The van der Waals surface area contributed by atoms with Crippen molar-refractivity contribution in [2.24, 2.45) is 5.73 Å². The van der Waals surface area contributed by atoms with Gasteiger partial charge in [-0.05, 0) is 12.2 Å². The fourth-order valence-corrected chi connectivity index (χ4v) is 1.30. The summed E-state index contributed by atoms with van der Waals surface area (Å²) in [7, 11) is -1.04. The van der Waals surface area contributed by atoms with Crippen molar-refractivity contribution in [3.05, 3.63) is 0 Å². The van der Waals surface area contributed by atoms with Crippen molar-refractivity contribution in [3.8, 4) is 11.2 Å². The molecule has 0 heterocycles. The third kappa shape index (κ3) is 5.80. The van der Waals surface area contributed by atoms with Crippen LogP contribution in [0.1, 0.15) is 20.3 Å². The number of nitrogens with two attached hydrogens (primary N) is 1. The lowest BCUT2D eigenvalue weighted by molar-refractivity contribution is 0.683. The average Bonchev–Trinajstić information content (AvgIpc) is 1.82. The van der Waals surface area contributed by atoms with E-state index < -0.39 is 10.8 Å². The second kappa shape index (κ2) is 5.45. The molecule has 2 nitrogen and oxygen atoms in total. The molecule has 0 aromatic carbocycles. The monoisotopic (exact) mass is 159 g/mol. The van der Waals surface area contributed by atoms with Crippen LogP contribution in [0.3, 0.4) is 0 Å². The molecule has 0 aliphatic rings. The van der Waals surface area contributed by atoms with Crippen molar-refractivity contribution in [1.29, 1.82) is 0 Å². The summed E-state index contributed by atoms with van der Waals surface area (Å²) in [5.74, 6) is 3.23. The van der Waals surface area contributed by atoms with Crippen LogP contribution in [0.2, 0.25) is 0 Å². The number of rotatable bonds is 2. The molecule has 0 radical (unpaired) electrons. The summed E-state index contributed by atoms with van der Waals surface area (Å²) in [5, 5.41) is 2.61. The fourth-order valence-electron chi connectivity index (χ4n) is 0.433. The van der Waals surface area contributed by atoms with Crippen LogP contribution in [-0.4, -0.2) is 16.0 Å². The first-order chi connectivity index (χ1) is 4.66. The third-order valence-electron chi connectivity index (χ3n) is 0.777. The third-order valence-corrected chi connectivity index (χ3v) is 1.98. The van der Waals surface area contributed by atoms with Crippen molar-refractivity contribution in [3.63, 3.8) is 0 Å². The van der Waals surface area contributed by atoms with Gasteiger partial charge in [0.1, 0.15) is 0 Å². The van der Waals surface area contributed by atoms with E-state index in [1.54, 1.807) is 0 Å². The Morgan fingerprint density at radius 2 is 2.30 bits per heavy atom. The first kappa shape index (κ1) is 9.67. The van der Waals surface area contributed by atoms with E-state index >= 15 is 0 Å². The van der Waals surface area contributed by atoms with E-state index in [1.165, 1.54) is 0 Å². The van der Waals surface area contributed by atoms with Gasteiger partial charge in [-0.25, -0.2) is 4.21 Å². The molecule has 10 heavy (non-hydrogen) atoms. The van der Waals surface area contributed by atoms with Crippen LogP contribution in [0, 0.1) is 11.2 Å². The predicted molar refractivity (Wildman–Crippen MR) is 44.7 cm³/mol. The molecule has 0 aliphatic carbocycles. The van der Waals surface area contributed by atoms with Crippen molar-refractivity contribution < 1.29 is 4.21 Å². The molecule has 0 aromatic rings. The van der Waals surface area contributed by atoms with Crippen LogP contribution < -0.4 is 5.73 Å². The Kier molecular flexibility index (Phi) is 5.27. The van der Waals surface area contributed by atoms with E-state index in [0.29, 0.717) is 5.75 Å². The van der Waals surface area contributed by atoms with E-state index in [9.17, 15) is 4.21 Å². The summed E-state index contributed by atoms with van der Waals surface area (Å²) in [6, 6.07) is -0.0213. The van der Waals surface area contributed by atoms with Gasteiger partial charge in [-0.1, -0.05) is 12.8 Å². The second-order valence-electron chi connectivity index (χ2n) is 2.12. The molecule has 0 amide bonds. The van der Waals surface area contributed by atoms with E-state index in [4.69, 9.17) is 5.73 Å². The van der Waals surface area contributed by atoms with Gasteiger partial charge >= 0.3 is 0 Å². The predicted octanol–water partition coefficient (Wildman–Crippen LogP) is 0.453. The largest absolute Gasteiger partial charge is 0.327 e. The van der Waals surface area contributed by atoms with Gasteiger partial charge in [0, 0.05) is 12.5 Å². The summed E-state index contributed by atoms with van der Waals surface area (Å²) in [6.45, 7) is 3.75. The molecule has 0 aliphatic heterocycles. The average molecular weight is 159 g/mol. The Labute approximate surface area is 64.6 Å². The molecule has 0 saturated heterocycles. The van der Waals surface area contributed by atoms with E-state index in [0.717, 1.165) is 6.42 Å². The van der Waals surface area contributed by atoms with Crippen molar-refractivity contribution in [2.45, 2.75) is 26.3 Å². The quantitative estimate of drug-likeness (QED) is 0.595. The topological polar surface area (TPSA) is 43.1 Å². The van der Waals surface area contributed by atoms with Crippen molar-refractivity contribution in [2.75, 3.05) is 5.75 Å². The second-order valence-corrected chi connectivity index (χ2v) is 3.35. The molecule has 2 atom stereocenters. The Balaban J connectivity index is 3.64. The Bertz CT molecular complexity index is 166. The zero-order chi connectivity index (χ0) is 7.98. The maximum Gasteiger partial charge on any atom is 0.0990 e. The number of hydrogen-bond acceptors (Lipinski definition) is 2. The first-order valence-corrected chi connectivity index (χ1v) is 4.61. The molecule has 0 spiro atoms. The zero-order valence-corrected chi connectivity index (χ0v) is 7.20. The van der Waals surface area contributed by atoms with Crippen LogP contribution in [0.25, 0.3) is 0 Å². The van der Waals surface area contributed by atoms with Crippen LogP contribution in [0.15, 0.2) is 0 Å². The van der Waals surface area contributed by atoms with Crippen LogP contribution >= 0.6 is 0 Å². The molecule has 0 aromatic heterocycles. The normalized spacial score (nSPS) is 15.1. The minimum Gasteiger partial charge on any atom is -0.327 e. The standard InChI is InChI=1S/C7H13NOS/c1-3-4-5-10(9)6-7(2)8/h7H,3,6,8H2,1-2H3. The Morgan fingerprint density at radius 1 is 1.70 bits per heavy atom. The van der Waals surface area contributed by atoms with Gasteiger partial charge in [0.25, 0.3) is 0 Å². The SMILES string of the molecule is CCC#CS(=O)CC(C)N. The molecule has 0 saturated carbocycles. The molecule has 0 rings (SSSR count). The summed E-state index contributed by atoms with van der Waals surface area (Å²) in [5.41, 5.74) is 5.40. The summed E-state index contributed by atoms with van der Waals surface area (Å²) < 4.78 is 10.9. The molecule has 2 N–H and O–H groups in total. The highest BCUT2D eigenvalue weighted by Crippen LogP contribution is 1.83. The van der Waals surface area contributed by atoms with E-state index in [2.05, 4.69) is 11.2 Å². The van der Waals surface area contributed by atoms with Crippen molar-refractivity contribution in [1.82, 2.24) is 0 Å². The summed E-state index contributed by atoms with van der Waals surface area (Å²) >= 11 is 0. The van der Waals surface area contributed by atoms with E-state index in [-0.39, 0.29) is 6.04 Å². The van der Waals surface area contributed by atoms with E-state index in [1.807, 2.05) is 13.8 Å². The molecule has 0 fully saturated rings. The minimum atomic E-state index is -1.04. The van der Waals surface area contributed by atoms with Gasteiger partial charge in [-0.15, -0.1) is 0 Å². The Hall–Kier alpha value is -0.330. The highest BCUT2D eigenvalue weighted by Gasteiger charge is 1.97. The lowest BCUT2D eigenvalue weighted by Gasteiger charge is -1.97. The lowest BCUT2D eigenvalue weighted by Crippen LogP contribution is -2.22. The molecular weight excluding hydrogens is 146 g/mol. The highest BCUT2D eigenvalue weighted by molar-refractivity contribution is 7.89. The smallest absolute Gasteiger partial charge is 0.0990 e. The summed E-state index contributed by atoms with van der Waals surface area (Å²) in [4.78, 5) is 0. The minimum absolute atomic E-state index is 0.0213. The van der Waals surface area contributed by atoms with Gasteiger partial charge in [0.2, 0.25) is 0 Å². The highest BCUT2D eigenvalue weighted by atomic mass is 32.2.